The molecule has 0 N–H and O–H groups in total. The second-order valence-electron chi connectivity index (χ2n) is 4.44. The summed E-state index contributed by atoms with van der Waals surface area (Å²) in [7, 11) is 0. The Morgan fingerprint density at radius 1 is 0.917 bits per heavy atom. The molecule has 12 heavy (non-hydrogen) atoms. The van der Waals surface area contributed by atoms with E-state index in [9.17, 15) is 4.79 Å². The molecule has 1 heteroatoms. The summed E-state index contributed by atoms with van der Waals surface area (Å²) >= 11 is 0. The van der Waals surface area contributed by atoms with Crippen LogP contribution in [-0.4, -0.2) is 5.78 Å². The van der Waals surface area contributed by atoms with Gasteiger partial charge in [-0.3, -0.25) is 4.79 Å². The van der Waals surface area contributed by atoms with Crippen LogP contribution in [0.1, 0.15) is 51.4 Å². The maximum absolute atomic E-state index is 11.2. The van der Waals surface area contributed by atoms with E-state index in [1.54, 1.807) is 0 Å². The van der Waals surface area contributed by atoms with Gasteiger partial charge in [0.05, 0.1) is 0 Å². The predicted octanol–water partition coefficient (Wildman–Crippen LogP) is 2.94. The van der Waals surface area contributed by atoms with Crippen LogP contribution in [0.5, 0.6) is 0 Å². The van der Waals surface area contributed by atoms with Gasteiger partial charge >= 0.3 is 0 Å². The van der Waals surface area contributed by atoms with Crippen LogP contribution in [0.4, 0.5) is 0 Å². The Morgan fingerprint density at radius 3 is 2.50 bits per heavy atom. The maximum Gasteiger partial charge on any atom is 0.133 e. The van der Waals surface area contributed by atoms with Crippen LogP contribution in [0.15, 0.2) is 0 Å². The Bertz CT molecular complexity index is 174. The van der Waals surface area contributed by atoms with E-state index >= 15 is 0 Å². The summed E-state index contributed by atoms with van der Waals surface area (Å²) in [5.41, 5.74) is 0. The number of carbonyl (C=O) groups excluding carboxylic acids is 1. The number of carbonyl (C=O) groups is 1. The maximum atomic E-state index is 11.2. The van der Waals surface area contributed by atoms with Crippen molar-refractivity contribution in [3.8, 4) is 0 Å². The van der Waals surface area contributed by atoms with Crippen LogP contribution in [0.25, 0.3) is 0 Å². The fraction of sp³-hybridized carbons (Fsp3) is 0.909. The SMILES string of the molecule is O=C1CC[C@H]2CCCCC[C@@H]2C1. The monoisotopic (exact) mass is 166 g/mol. The van der Waals surface area contributed by atoms with Gasteiger partial charge in [0.2, 0.25) is 0 Å². The molecule has 0 unspecified atom stereocenters. The second-order valence-corrected chi connectivity index (χ2v) is 4.44. The highest BCUT2D eigenvalue weighted by Crippen LogP contribution is 2.37. The average Bonchev–Trinajstić information content (AvgIpc) is 2.28. The molecule has 2 saturated carbocycles. The molecular formula is C11H18O. The van der Waals surface area contributed by atoms with Crippen molar-refractivity contribution >= 4 is 5.78 Å². The van der Waals surface area contributed by atoms with Crippen molar-refractivity contribution < 1.29 is 4.79 Å². The van der Waals surface area contributed by atoms with Crippen LogP contribution in [0.2, 0.25) is 0 Å². The molecule has 0 aromatic rings. The van der Waals surface area contributed by atoms with Crippen molar-refractivity contribution in [2.45, 2.75) is 51.4 Å². The van der Waals surface area contributed by atoms with Gasteiger partial charge in [-0.15, -0.1) is 0 Å². The molecule has 2 aliphatic rings. The third-order valence-electron chi connectivity index (χ3n) is 3.60. The Balaban J connectivity index is 1.99. The van der Waals surface area contributed by atoms with Gasteiger partial charge in [-0.25, -0.2) is 0 Å². The number of Topliss-reactive ketones (excluding diaryl/α,β-unsaturated/α-hetero) is 1. The third-order valence-corrected chi connectivity index (χ3v) is 3.60. The van der Waals surface area contributed by atoms with Crippen molar-refractivity contribution in [3.05, 3.63) is 0 Å². The molecule has 0 spiro atoms. The van der Waals surface area contributed by atoms with Gasteiger partial charge in [-0.05, 0) is 24.7 Å². The van der Waals surface area contributed by atoms with E-state index in [-0.39, 0.29) is 0 Å². The number of hydrogen-bond acceptors (Lipinski definition) is 1. The first-order chi connectivity index (χ1) is 5.86. The van der Waals surface area contributed by atoms with Gasteiger partial charge in [0, 0.05) is 12.8 Å². The molecule has 2 rings (SSSR count). The summed E-state index contributed by atoms with van der Waals surface area (Å²) in [6.07, 6.45) is 9.90. The van der Waals surface area contributed by atoms with Crippen molar-refractivity contribution in [1.29, 1.82) is 0 Å². The fourth-order valence-corrected chi connectivity index (χ4v) is 2.85. The first-order valence-electron chi connectivity index (χ1n) is 5.38. The molecule has 0 aromatic carbocycles. The molecule has 1 nitrogen and oxygen atoms in total. The van der Waals surface area contributed by atoms with E-state index in [2.05, 4.69) is 0 Å². The molecule has 0 aliphatic heterocycles. The van der Waals surface area contributed by atoms with E-state index in [0.717, 1.165) is 24.7 Å². The predicted molar refractivity (Wildman–Crippen MR) is 48.9 cm³/mol. The molecule has 0 heterocycles. The lowest BCUT2D eigenvalue weighted by atomic mass is 9.76. The van der Waals surface area contributed by atoms with Crippen LogP contribution in [0, 0.1) is 11.8 Å². The van der Waals surface area contributed by atoms with E-state index < -0.39 is 0 Å². The first kappa shape index (κ1) is 8.28. The van der Waals surface area contributed by atoms with Gasteiger partial charge in [-0.1, -0.05) is 25.7 Å². The smallest absolute Gasteiger partial charge is 0.133 e. The van der Waals surface area contributed by atoms with Crippen LogP contribution < -0.4 is 0 Å². The molecule has 0 bridgehead atoms. The quantitative estimate of drug-likeness (QED) is 0.540. The molecule has 68 valence electrons. The molecular weight excluding hydrogens is 148 g/mol. The Morgan fingerprint density at radius 2 is 1.67 bits per heavy atom. The summed E-state index contributed by atoms with van der Waals surface area (Å²) in [5.74, 6) is 2.21. The van der Waals surface area contributed by atoms with E-state index in [0.29, 0.717) is 5.78 Å². The minimum absolute atomic E-state index is 0.526. The van der Waals surface area contributed by atoms with Crippen molar-refractivity contribution in [1.82, 2.24) is 0 Å². The second kappa shape index (κ2) is 3.59. The zero-order valence-corrected chi connectivity index (χ0v) is 7.72. The largest absolute Gasteiger partial charge is 0.300 e. The van der Waals surface area contributed by atoms with Gasteiger partial charge in [-0.2, -0.15) is 0 Å². The lowest BCUT2D eigenvalue weighted by Crippen LogP contribution is -2.23. The van der Waals surface area contributed by atoms with Crippen molar-refractivity contribution in [3.63, 3.8) is 0 Å². The van der Waals surface area contributed by atoms with Crippen LogP contribution in [-0.2, 0) is 4.79 Å². The Hall–Kier alpha value is -0.330. The Kier molecular flexibility index (Phi) is 2.48. The fourth-order valence-electron chi connectivity index (χ4n) is 2.85. The molecule has 0 radical (unpaired) electrons. The highest BCUT2D eigenvalue weighted by Gasteiger charge is 2.29. The summed E-state index contributed by atoms with van der Waals surface area (Å²) in [4.78, 5) is 11.2. The minimum Gasteiger partial charge on any atom is -0.300 e. The molecule has 2 fully saturated rings. The molecule has 2 aliphatic carbocycles. The summed E-state index contributed by atoms with van der Waals surface area (Å²) in [5, 5.41) is 0. The standard InChI is InChI=1S/C11H18O/c12-11-7-6-9-4-2-1-3-5-10(9)8-11/h9-10H,1-8H2/t9-,10-/m1/s1. The van der Waals surface area contributed by atoms with E-state index in [1.165, 1.54) is 38.5 Å². The lowest BCUT2D eigenvalue weighted by molar-refractivity contribution is -0.122. The molecule has 2 atom stereocenters. The van der Waals surface area contributed by atoms with Gasteiger partial charge in [0.15, 0.2) is 0 Å². The van der Waals surface area contributed by atoms with E-state index in [1.807, 2.05) is 0 Å². The zero-order chi connectivity index (χ0) is 8.39. The highest BCUT2D eigenvalue weighted by atomic mass is 16.1. The van der Waals surface area contributed by atoms with E-state index in [4.69, 9.17) is 0 Å². The lowest BCUT2D eigenvalue weighted by Gasteiger charge is -2.28. The first-order valence-corrected chi connectivity index (χ1v) is 5.38. The van der Waals surface area contributed by atoms with Gasteiger partial charge in [0.1, 0.15) is 5.78 Å². The van der Waals surface area contributed by atoms with Crippen LogP contribution in [0.3, 0.4) is 0 Å². The normalized spacial score (nSPS) is 37.2. The summed E-state index contributed by atoms with van der Waals surface area (Å²) in [6.45, 7) is 0. The average molecular weight is 166 g/mol. The number of rotatable bonds is 0. The minimum atomic E-state index is 0.526. The van der Waals surface area contributed by atoms with Crippen LogP contribution >= 0.6 is 0 Å². The molecule has 0 aromatic heterocycles. The summed E-state index contributed by atoms with van der Waals surface area (Å²) in [6, 6.07) is 0. The number of hydrogen-bond donors (Lipinski definition) is 0. The van der Waals surface area contributed by atoms with Gasteiger partial charge in [0.25, 0.3) is 0 Å². The zero-order valence-electron chi connectivity index (χ0n) is 7.72. The van der Waals surface area contributed by atoms with Crippen molar-refractivity contribution in [2.24, 2.45) is 11.8 Å². The molecule has 0 amide bonds. The third kappa shape index (κ3) is 1.70. The summed E-state index contributed by atoms with van der Waals surface area (Å²) < 4.78 is 0. The number of ketones is 1. The Labute approximate surface area is 74.5 Å². The molecule has 0 saturated heterocycles. The van der Waals surface area contributed by atoms with Crippen molar-refractivity contribution in [2.75, 3.05) is 0 Å². The topological polar surface area (TPSA) is 17.1 Å². The number of fused-ring (bicyclic) bond motifs is 1. The van der Waals surface area contributed by atoms with Gasteiger partial charge < -0.3 is 0 Å². The highest BCUT2D eigenvalue weighted by molar-refractivity contribution is 5.79.